The first-order valence-corrected chi connectivity index (χ1v) is 14.2. The van der Waals surface area contributed by atoms with Gasteiger partial charge >= 0.3 is 0 Å². The van der Waals surface area contributed by atoms with Gasteiger partial charge in [-0.2, -0.15) is 4.98 Å². The van der Waals surface area contributed by atoms with Crippen LogP contribution in [0.1, 0.15) is 18.5 Å². The normalized spacial score (nSPS) is 14.3. The first kappa shape index (κ1) is 25.6. The Balaban J connectivity index is 1.26. The molecule has 40 heavy (non-hydrogen) atoms. The maximum atomic E-state index is 13.2. The molecule has 204 valence electrons. The van der Waals surface area contributed by atoms with Gasteiger partial charge in [0, 0.05) is 47.5 Å². The van der Waals surface area contributed by atoms with E-state index < -0.39 is 9.84 Å². The molecular weight excluding hydrogens is 532 g/mol. The van der Waals surface area contributed by atoms with E-state index in [9.17, 15) is 13.2 Å². The number of nitrogens with one attached hydrogen (secondary N) is 3. The molecule has 12 nitrogen and oxygen atoms in total. The molecule has 0 atom stereocenters. The Labute approximate surface area is 229 Å². The van der Waals surface area contributed by atoms with Gasteiger partial charge < -0.3 is 20.4 Å². The van der Waals surface area contributed by atoms with E-state index in [2.05, 4.69) is 35.9 Å². The number of nitrogens with zero attached hydrogens (tertiary/aromatic N) is 5. The molecule has 0 bridgehead atoms. The Hall–Kier alpha value is -4.62. The Bertz CT molecular complexity index is 1800. The highest BCUT2D eigenvalue weighted by atomic mass is 32.2. The monoisotopic (exact) mass is 558 g/mol. The van der Waals surface area contributed by atoms with Crippen LogP contribution in [0.5, 0.6) is 0 Å². The lowest BCUT2D eigenvalue weighted by molar-refractivity contribution is 0.440. The van der Waals surface area contributed by atoms with Crippen LogP contribution in [0.2, 0.25) is 0 Å². The van der Waals surface area contributed by atoms with Gasteiger partial charge in [-0.1, -0.05) is 0 Å². The molecule has 4 aromatic heterocycles. The molecule has 5 heterocycles. The Morgan fingerprint density at radius 1 is 0.975 bits per heavy atom. The summed E-state index contributed by atoms with van der Waals surface area (Å²) in [5.41, 5.74) is 1.85. The standard InChI is InChI=1S/C27H26N8O4S/c36-24-6-1-18-15-30-27(33-20-4-2-19(3-5-20)32-21-7-11-28-12-8-21)34-25(18)35(24)16-23-26(39-17-31-23)40(37,38)22-9-13-29-14-10-22/h1-6,9-10,13-15,17,21,28,32H,7-8,11-12,16H2,(H,30,33,34). The summed E-state index contributed by atoms with van der Waals surface area (Å²) in [5.74, 6) is 0.288. The van der Waals surface area contributed by atoms with Gasteiger partial charge in [0.1, 0.15) is 11.3 Å². The minimum Gasteiger partial charge on any atom is -0.431 e. The lowest BCUT2D eigenvalue weighted by atomic mass is 10.1. The SMILES string of the molecule is O=c1ccc2cnc(Nc3ccc(NC4CCNCC4)cc3)nc2n1Cc1ncoc1S(=O)(=O)c1ccncc1. The number of fused-ring (bicyclic) bond motifs is 1. The van der Waals surface area contributed by atoms with E-state index >= 15 is 0 Å². The number of piperidine rings is 1. The van der Waals surface area contributed by atoms with Crippen molar-refractivity contribution in [3.05, 3.63) is 89.6 Å². The number of oxazole rings is 1. The largest absolute Gasteiger partial charge is 0.431 e. The van der Waals surface area contributed by atoms with Gasteiger partial charge in [-0.25, -0.2) is 18.4 Å². The highest BCUT2D eigenvalue weighted by Crippen LogP contribution is 2.25. The Morgan fingerprint density at radius 3 is 2.50 bits per heavy atom. The summed E-state index contributed by atoms with van der Waals surface area (Å²) in [6, 6.07) is 14.0. The van der Waals surface area contributed by atoms with Crippen LogP contribution < -0.4 is 21.5 Å². The molecule has 5 aromatic rings. The van der Waals surface area contributed by atoms with Crippen LogP contribution in [-0.2, 0) is 16.4 Å². The number of pyridine rings is 2. The van der Waals surface area contributed by atoms with Crippen LogP contribution in [0.3, 0.4) is 0 Å². The van der Waals surface area contributed by atoms with Gasteiger partial charge in [0.05, 0.1) is 11.4 Å². The maximum absolute atomic E-state index is 13.2. The first-order valence-electron chi connectivity index (χ1n) is 12.8. The molecule has 3 N–H and O–H groups in total. The number of benzene rings is 1. The third-order valence-corrected chi connectivity index (χ3v) is 8.40. The average molecular weight is 559 g/mol. The van der Waals surface area contributed by atoms with Crippen LogP contribution in [0.25, 0.3) is 11.0 Å². The summed E-state index contributed by atoms with van der Waals surface area (Å²) < 4.78 is 32.9. The van der Waals surface area contributed by atoms with Crippen molar-refractivity contribution in [1.82, 2.24) is 29.8 Å². The quantitative estimate of drug-likeness (QED) is 0.257. The zero-order valence-corrected chi connectivity index (χ0v) is 22.1. The maximum Gasteiger partial charge on any atom is 0.252 e. The molecule has 1 fully saturated rings. The minimum atomic E-state index is -4.01. The van der Waals surface area contributed by atoms with E-state index in [4.69, 9.17) is 4.42 Å². The van der Waals surface area contributed by atoms with E-state index in [0.717, 1.165) is 43.7 Å². The predicted molar refractivity (Wildman–Crippen MR) is 148 cm³/mol. The molecule has 0 amide bonds. The second-order valence-electron chi connectivity index (χ2n) is 9.37. The van der Waals surface area contributed by atoms with Gasteiger partial charge in [0.15, 0.2) is 6.39 Å². The highest BCUT2D eigenvalue weighted by molar-refractivity contribution is 7.91. The molecule has 1 saturated heterocycles. The van der Waals surface area contributed by atoms with Crippen molar-refractivity contribution >= 4 is 38.2 Å². The van der Waals surface area contributed by atoms with Gasteiger partial charge in [0.25, 0.3) is 5.56 Å². The third-order valence-electron chi connectivity index (χ3n) is 6.69. The number of anilines is 3. The second kappa shape index (κ2) is 10.9. The summed E-state index contributed by atoms with van der Waals surface area (Å²) in [4.78, 5) is 29.9. The topological polar surface area (TPSA) is 157 Å². The smallest absolute Gasteiger partial charge is 0.252 e. The number of hydrogen-bond donors (Lipinski definition) is 3. The zero-order chi connectivity index (χ0) is 27.5. The van der Waals surface area contributed by atoms with Gasteiger partial charge in [-0.15, -0.1) is 0 Å². The van der Waals surface area contributed by atoms with Crippen LogP contribution >= 0.6 is 0 Å². The van der Waals surface area contributed by atoms with Crippen molar-refractivity contribution in [3.63, 3.8) is 0 Å². The molecule has 1 aromatic carbocycles. The molecule has 13 heteroatoms. The van der Waals surface area contributed by atoms with Crippen molar-refractivity contribution in [2.24, 2.45) is 0 Å². The Kier molecular flexibility index (Phi) is 6.97. The highest BCUT2D eigenvalue weighted by Gasteiger charge is 2.27. The summed E-state index contributed by atoms with van der Waals surface area (Å²) in [7, 11) is -4.01. The Morgan fingerprint density at radius 2 is 1.73 bits per heavy atom. The van der Waals surface area contributed by atoms with Gasteiger partial charge in [0.2, 0.25) is 20.9 Å². The fraction of sp³-hybridized carbons (Fsp3) is 0.222. The zero-order valence-electron chi connectivity index (χ0n) is 21.3. The van der Waals surface area contributed by atoms with Crippen molar-refractivity contribution in [2.45, 2.75) is 35.4 Å². The molecule has 0 saturated carbocycles. The number of rotatable bonds is 8. The van der Waals surface area contributed by atoms with E-state index in [1.165, 1.54) is 35.2 Å². The lowest BCUT2D eigenvalue weighted by Gasteiger charge is -2.24. The summed E-state index contributed by atoms with van der Waals surface area (Å²) in [6.07, 6.45) is 7.57. The predicted octanol–water partition coefficient (Wildman–Crippen LogP) is 2.96. The fourth-order valence-corrected chi connectivity index (χ4v) is 5.91. The van der Waals surface area contributed by atoms with Crippen LogP contribution in [0.4, 0.5) is 17.3 Å². The van der Waals surface area contributed by atoms with E-state index in [0.29, 0.717) is 17.1 Å². The van der Waals surface area contributed by atoms with Gasteiger partial charge in [-0.05, 0) is 68.4 Å². The molecule has 1 aliphatic rings. The van der Waals surface area contributed by atoms with Crippen LogP contribution in [0, 0.1) is 0 Å². The molecule has 6 rings (SSSR count). The summed E-state index contributed by atoms with van der Waals surface area (Å²) in [5, 5.41) is 10.4. The van der Waals surface area contributed by atoms with Crippen LogP contribution in [-0.4, -0.2) is 52.1 Å². The summed E-state index contributed by atoms with van der Waals surface area (Å²) >= 11 is 0. The van der Waals surface area contributed by atoms with Gasteiger partial charge in [-0.3, -0.25) is 14.3 Å². The number of aromatic nitrogens is 5. The van der Waals surface area contributed by atoms with E-state index in [-0.39, 0.29) is 33.7 Å². The van der Waals surface area contributed by atoms with Crippen molar-refractivity contribution < 1.29 is 12.8 Å². The minimum absolute atomic E-state index is 0.0107. The first-order chi connectivity index (χ1) is 19.5. The van der Waals surface area contributed by atoms with Crippen LogP contribution in [0.15, 0.2) is 92.7 Å². The van der Waals surface area contributed by atoms with E-state index in [1.807, 2.05) is 24.3 Å². The number of hydrogen-bond acceptors (Lipinski definition) is 11. The number of sulfone groups is 1. The summed E-state index contributed by atoms with van der Waals surface area (Å²) in [6.45, 7) is 1.86. The van der Waals surface area contributed by atoms with Crippen molar-refractivity contribution in [2.75, 3.05) is 23.7 Å². The average Bonchev–Trinajstić information content (AvgIpc) is 3.46. The fourth-order valence-electron chi connectivity index (χ4n) is 4.62. The molecular formula is C27H26N8O4S. The van der Waals surface area contributed by atoms with Crippen molar-refractivity contribution in [1.29, 1.82) is 0 Å². The molecule has 1 aliphatic heterocycles. The lowest BCUT2D eigenvalue weighted by Crippen LogP contribution is -2.35. The molecule has 0 aliphatic carbocycles. The van der Waals surface area contributed by atoms with Crippen molar-refractivity contribution in [3.8, 4) is 0 Å². The molecule has 0 radical (unpaired) electrons. The third kappa shape index (κ3) is 5.28. The molecule has 0 spiro atoms. The van der Waals surface area contributed by atoms with E-state index in [1.54, 1.807) is 12.3 Å². The molecule has 0 unspecified atom stereocenters. The second-order valence-corrected chi connectivity index (χ2v) is 11.2.